The molecule has 114 valence electrons. The van der Waals surface area contributed by atoms with E-state index in [2.05, 4.69) is 0 Å². The number of hydrogen-bond acceptors (Lipinski definition) is 3. The van der Waals surface area contributed by atoms with E-state index in [0.717, 1.165) is 25.7 Å². The molecule has 2 rings (SSSR count). The summed E-state index contributed by atoms with van der Waals surface area (Å²) >= 11 is 0. The van der Waals surface area contributed by atoms with Gasteiger partial charge in [-0.2, -0.15) is 0 Å². The Bertz CT molecular complexity index is 353. The summed E-state index contributed by atoms with van der Waals surface area (Å²) < 4.78 is 0. The molecule has 0 bridgehead atoms. The molecule has 2 fully saturated rings. The van der Waals surface area contributed by atoms with Gasteiger partial charge in [0.2, 0.25) is 5.91 Å². The predicted molar refractivity (Wildman–Crippen MR) is 74.2 cm³/mol. The first kappa shape index (κ1) is 15.3. The highest BCUT2D eigenvalue weighted by Gasteiger charge is 2.41. The standard InChI is InChI=1S/C15H25NO4/c17-13(12-6-4-2-1-3-5-7-12)16-10-8-15(20,9-11-16)14(18)19/h12,20H,1-11H2,(H,18,19). The summed E-state index contributed by atoms with van der Waals surface area (Å²) in [5.41, 5.74) is -1.64. The summed E-state index contributed by atoms with van der Waals surface area (Å²) in [6, 6.07) is 0. The van der Waals surface area contributed by atoms with Gasteiger partial charge in [0, 0.05) is 31.8 Å². The minimum atomic E-state index is -1.64. The van der Waals surface area contributed by atoms with Crippen molar-refractivity contribution < 1.29 is 19.8 Å². The third kappa shape index (κ3) is 3.51. The molecule has 0 aromatic rings. The average Bonchev–Trinajstić information content (AvgIpc) is 2.38. The SMILES string of the molecule is O=C(C1CCCCCCC1)N1CCC(O)(C(=O)O)CC1. The van der Waals surface area contributed by atoms with Crippen molar-refractivity contribution >= 4 is 11.9 Å². The van der Waals surface area contributed by atoms with Gasteiger partial charge in [0.1, 0.15) is 0 Å². The maximum absolute atomic E-state index is 12.5. The summed E-state index contributed by atoms with van der Waals surface area (Å²) in [5, 5.41) is 18.9. The molecule has 2 aliphatic rings. The molecule has 0 radical (unpaired) electrons. The molecule has 1 aliphatic carbocycles. The second-order valence-electron chi connectivity index (χ2n) is 6.20. The van der Waals surface area contributed by atoms with E-state index in [-0.39, 0.29) is 24.7 Å². The molecule has 1 aliphatic heterocycles. The first-order valence-corrected chi connectivity index (χ1v) is 7.77. The highest BCUT2D eigenvalue weighted by Crippen LogP contribution is 2.28. The number of amides is 1. The van der Waals surface area contributed by atoms with Crippen molar-refractivity contribution in [2.45, 2.75) is 63.4 Å². The first-order chi connectivity index (χ1) is 9.53. The maximum Gasteiger partial charge on any atom is 0.335 e. The maximum atomic E-state index is 12.5. The van der Waals surface area contributed by atoms with Crippen LogP contribution in [0.15, 0.2) is 0 Å². The average molecular weight is 283 g/mol. The summed E-state index contributed by atoms with van der Waals surface area (Å²) in [4.78, 5) is 25.2. The van der Waals surface area contributed by atoms with Crippen molar-refractivity contribution in [3.8, 4) is 0 Å². The molecule has 2 N–H and O–H groups in total. The van der Waals surface area contributed by atoms with Gasteiger partial charge in [0.25, 0.3) is 0 Å². The molecule has 5 heteroatoms. The highest BCUT2D eigenvalue weighted by atomic mass is 16.4. The Balaban J connectivity index is 1.88. The second-order valence-corrected chi connectivity index (χ2v) is 6.20. The zero-order valence-electron chi connectivity index (χ0n) is 12.0. The Hall–Kier alpha value is -1.10. The van der Waals surface area contributed by atoms with E-state index >= 15 is 0 Å². The van der Waals surface area contributed by atoms with Gasteiger partial charge in [-0.25, -0.2) is 4.79 Å². The Morgan fingerprint density at radius 1 is 0.950 bits per heavy atom. The minimum Gasteiger partial charge on any atom is -0.479 e. The third-order valence-corrected chi connectivity index (χ3v) is 4.75. The normalized spacial score (nSPS) is 24.8. The van der Waals surface area contributed by atoms with Crippen molar-refractivity contribution in [2.24, 2.45) is 5.92 Å². The molecule has 5 nitrogen and oxygen atoms in total. The van der Waals surface area contributed by atoms with Crippen LogP contribution in [0.2, 0.25) is 0 Å². The van der Waals surface area contributed by atoms with E-state index in [1.54, 1.807) is 4.90 Å². The lowest BCUT2D eigenvalue weighted by molar-refractivity contribution is -0.166. The number of hydrogen-bond donors (Lipinski definition) is 2. The summed E-state index contributed by atoms with van der Waals surface area (Å²) in [6.45, 7) is 0.719. The Labute approximate surface area is 120 Å². The van der Waals surface area contributed by atoms with Crippen molar-refractivity contribution in [1.82, 2.24) is 4.90 Å². The molecule has 0 aromatic carbocycles. The van der Waals surface area contributed by atoms with Crippen LogP contribution in [0.4, 0.5) is 0 Å². The van der Waals surface area contributed by atoms with Gasteiger partial charge in [0.15, 0.2) is 5.60 Å². The topological polar surface area (TPSA) is 77.8 Å². The summed E-state index contributed by atoms with van der Waals surface area (Å²) in [5.74, 6) is -0.902. The zero-order chi connectivity index (χ0) is 14.6. The van der Waals surface area contributed by atoms with Crippen LogP contribution < -0.4 is 0 Å². The quantitative estimate of drug-likeness (QED) is 0.810. The van der Waals surface area contributed by atoms with Crippen molar-refractivity contribution in [1.29, 1.82) is 0 Å². The van der Waals surface area contributed by atoms with Crippen LogP contribution in [0.5, 0.6) is 0 Å². The largest absolute Gasteiger partial charge is 0.479 e. The number of piperidine rings is 1. The molecule has 1 amide bonds. The fourth-order valence-corrected chi connectivity index (χ4v) is 3.27. The molecule has 20 heavy (non-hydrogen) atoms. The number of aliphatic carboxylic acids is 1. The van der Waals surface area contributed by atoms with E-state index in [9.17, 15) is 14.7 Å². The van der Waals surface area contributed by atoms with Crippen LogP contribution in [-0.2, 0) is 9.59 Å². The lowest BCUT2D eigenvalue weighted by Gasteiger charge is -2.37. The fraction of sp³-hybridized carbons (Fsp3) is 0.867. The Morgan fingerprint density at radius 2 is 1.45 bits per heavy atom. The fourth-order valence-electron chi connectivity index (χ4n) is 3.27. The number of carboxylic acid groups (broad SMARTS) is 1. The van der Waals surface area contributed by atoms with Crippen LogP contribution in [-0.4, -0.2) is 45.7 Å². The van der Waals surface area contributed by atoms with Gasteiger partial charge in [-0.15, -0.1) is 0 Å². The van der Waals surface area contributed by atoms with Crippen LogP contribution in [0.1, 0.15) is 57.8 Å². The molecular weight excluding hydrogens is 258 g/mol. The van der Waals surface area contributed by atoms with E-state index in [4.69, 9.17) is 5.11 Å². The Morgan fingerprint density at radius 3 is 1.95 bits per heavy atom. The van der Waals surface area contributed by atoms with Crippen LogP contribution in [0, 0.1) is 5.92 Å². The Kier molecular flexibility index (Phi) is 5.02. The molecular formula is C15H25NO4. The number of nitrogens with zero attached hydrogens (tertiary/aromatic N) is 1. The number of likely N-dealkylation sites (tertiary alicyclic amines) is 1. The summed E-state index contributed by atoms with van der Waals surface area (Å²) in [6.07, 6.45) is 8.12. The highest BCUT2D eigenvalue weighted by molar-refractivity contribution is 5.80. The van der Waals surface area contributed by atoms with Gasteiger partial charge in [0.05, 0.1) is 0 Å². The third-order valence-electron chi connectivity index (χ3n) is 4.75. The molecule has 1 saturated carbocycles. The van der Waals surface area contributed by atoms with Gasteiger partial charge in [-0.05, 0) is 12.8 Å². The van der Waals surface area contributed by atoms with Crippen LogP contribution in [0.25, 0.3) is 0 Å². The van der Waals surface area contributed by atoms with Crippen LogP contribution in [0.3, 0.4) is 0 Å². The monoisotopic (exact) mass is 283 g/mol. The molecule has 0 atom stereocenters. The molecule has 0 unspecified atom stereocenters. The lowest BCUT2D eigenvalue weighted by atomic mass is 9.87. The molecule has 0 aromatic heterocycles. The van der Waals surface area contributed by atoms with Crippen molar-refractivity contribution in [2.75, 3.05) is 13.1 Å². The number of carbonyl (C=O) groups excluding carboxylic acids is 1. The minimum absolute atomic E-state index is 0.103. The number of rotatable bonds is 2. The molecule has 1 heterocycles. The summed E-state index contributed by atoms with van der Waals surface area (Å²) in [7, 11) is 0. The van der Waals surface area contributed by atoms with Gasteiger partial charge in [-0.1, -0.05) is 32.1 Å². The van der Waals surface area contributed by atoms with Crippen molar-refractivity contribution in [3.05, 3.63) is 0 Å². The van der Waals surface area contributed by atoms with E-state index in [1.807, 2.05) is 0 Å². The van der Waals surface area contributed by atoms with Gasteiger partial charge >= 0.3 is 5.97 Å². The van der Waals surface area contributed by atoms with Gasteiger partial charge < -0.3 is 15.1 Å². The predicted octanol–water partition coefficient (Wildman–Crippen LogP) is 1.79. The second kappa shape index (κ2) is 6.57. The molecule has 1 saturated heterocycles. The van der Waals surface area contributed by atoms with E-state index in [0.29, 0.717) is 13.1 Å². The number of aliphatic hydroxyl groups is 1. The first-order valence-electron chi connectivity index (χ1n) is 7.77. The van der Waals surface area contributed by atoms with Crippen molar-refractivity contribution in [3.63, 3.8) is 0 Å². The van der Waals surface area contributed by atoms with E-state index < -0.39 is 11.6 Å². The van der Waals surface area contributed by atoms with Gasteiger partial charge in [-0.3, -0.25) is 4.79 Å². The smallest absolute Gasteiger partial charge is 0.335 e. The lowest BCUT2D eigenvalue weighted by Crippen LogP contribution is -2.52. The van der Waals surface area contributed by atoms with E-state index in [1.165, 1.54) is 19.3 Å². The van der Waals surface area contributed by atoms with Crippen LogP contribution >= 0.6 is 0 Å². The number of carboxylic acids is 1. The molecule has 0 spiro atoms. The zero-order valence-corrected chi connectivity index (χ0v) is 12.0. The number of carbonyl (C=O) groups is 2.